The largest absolute Gasteiger partial charge is 0.385 e. The van der Waals surface area contributed by atoms with Crippen molar-refractivity contribution in [2.45, 2.75) is 19.9 Å². The zero-order chi connectivity index (χ0) is 16.3. The number of amides is 1. The molecular weight excluding hydrogens is 306 g/mol. The fourth-order valence-electron chi connectivity index (χ4n) is 2.38. The van der Waals surface area contributed by atoms with Gasteiger partial charge in [0.15, 0.2) is 0 Å². The highest BCUT2D eigenvalue weighted by atomic mass is 35.5. The van der Waals surface area contributed by atoms with Gasteiger partial charge in [-0.2, -0.15) is 0 Å². The number of aromatic nitrogens is 2. The molecule has 0 fully saturated rings. The molecule has 0 aromatic carbocycles. The predicted molar refractivity (Wildman–Crippen MR) is 85.1 cm³/mol. The van der Waals surface area contributed by atoms with E-state index in [-0.39, 0.29) is 11.6 Å². The van der Waals surface area contributed by atoms with Crippen LogP contribution < -0.4 is 0 Å². The van der Waals surface area contributed by atoms with Crippen LogP contribution in [0.25, 0.3) is 10.9 Å². The topological polar surface area (TPSA) is 56.6 Å². The molecule has 0 aliphatic carbocycles. The first kappa shape index (κ1) is 16.7. The molecule has 6 nitrogen and oxygen atoms in total. The average Bonchev–Trinajstić information content (AvgIpc) is 2.82. The van der Waals surface area contributed by atoms with Crippen LogP contribution in [0.1, 0.15) is 22.5 Å². The van der Waals surface area contributed by atoms with E-state index in [1.54, 1.807) is 13.2 Å². The van der Waals surface area contributed by atoms with Crippen molar-refractivity contribution in [3.63, 3.8) is 0 Å². The second-order valence-corrected chi connectivity index (χ2v) is 5.39. The van der Waals surface area contributed by atoms with Gasteiger partial charge in [-0.1, -0.05) is 11.6 Å². The summed E-state index contributed by atoms with van der Waals surface area (Å²) in [6.45, 7) is 3.44. The number of hydrogen-bond donors (Lipinski definition) is 0. The molecule has 120 valence electrons. The Labute approximate surface area is 134 Å². The zero-order valence-electron chi connectivity index (χ0n) is 13.2. The number of carbonyl (C=O) groups excluding carboxylic acids is 1. The smallest absolute Gasteiger partial charge is 0.295 e. The summed E-state index contributed by atoms with van der Waals surface area (Å²) in [4.78, 5) is 21.3. The Morgan fingerprint density at radius 3 is 2.82 bits per heavy atom. The van der Waals surface area contributed by atoms with Gasteiger partial charge in [-0.15, -0.1) is 0 Å². The van der Waals surface area contributed by atoms with Gasteiger partial charge in [0.25, 0.3) is 5.91 Å². The van der Waals surface area contributed by atoms with E-state index in [0.29, 0.717) is 11.8 Å². The highest BCUT2D eigenvalue weighted by Crippen LogP contribution is 2.28. The molecule has 1 amide bonds. The number of rotatable bonds is 6. The molecule has 0 bridgehead atoms. The van der Waals surface area contributed by atoms with Crippen molar-refractivity contribution in [3.8, 4) is 0 Å². The maximum absolute atomic E-state index is 12.2. The molecule has 0 N–H and O–H groups in total. The van der Waals surface area contributed by atoms with Gasteiger partial charge in [-0.3, -0.25) is 9.63 Å². The van der Waals surface area contributed by atoms with Crippen LogP contribution in [-0.2, 0) is 16.1 Å². The van der Waals surface area contributed by atoms with Gasteiger partial charge in [0.2, 0.25) is 0 Å². The molecule has 22 heavy (non-hydrogen) atoms. The van der Waals surface area contributed by atoms with Crippen LogP contribution in [0.5, 0.6) is 0 Å². The first-order valence-corrected chi connectivity index (χ1v) is 7.34. The molecule has 2 heterocycles. The average molecular weight is 326 g/mol. The fourth-order valence-corrected chi connectivity index (χ4v) is 2.72. The van der Waals surface area contributed by atoms with Crippen molar-refractivity contribution in [2.75, 3.05) is 27.9 Å². The third-order valence-corrected chi connectivity index (χ3v) is 3.81. The number of methoxy groups -OCH3 is 1. The minimum absolute atomic E-state index is 0.257. The molecule has 0 saturated heterocycles. The van der Waals surface area contributed by atoms with Crippen LogP contribution in [0.4, 0.5) is 0 Å². The summed E-state index contributed by atoms with van der Waals surface area (Å²) in [7, 11) is 4.64. The lowest BCUT2D eigenvalue weighted by Gasteiger charge is -2.13. The summed E-state index contributed by atoms with van der Waals surface area (Å²) < 4.78 is 7.16. The zero-order valence-corrected chi connectivity index (χ0v) is 14.0. The van der Waals surface area contributed by atoms with E-state index in [1.165, 1.54) is 14.2 Å². The normalized spacial score (nSPS) is 11.1. The number of nitrogens with zero attached hydrogens (tertiary/aromatic N) is 3. The van der Waals surface area contributed by atoms with E-state index in [1.807, 2.05) is 13.1 Å². The summed E-state index contributed by atoms with van der Waals surface area (Å²) in [5.41, 5.74) is 2.18. The number of fused-ring (bicyclic) bond motifs is 1. The number of carbonyl (C=O) groups is 1. The Kier molecular flexibility index (Phi) is 5.39. The summed E-state index contributed by atoms with van der Waals surface area (Å²) in [6, 6.07) is 1.75. The molecule has 2 aromatic heterocycles. The first-order valence-electron chi connectivity index (χ1n) is 6.96. The van der Waals surface area contributed by atoms with Gasteiger partial charge in [0.1, 0.15) is 10.8 Å². The molecule has 0 unspecified atom stereocenters. The van der Waals surface area contributed by atoms with E-state index >= 15 is 0 Å². The fraction of sp³-hybridized carbons (Fsp3) is 0.467. The van der Waals surface area contributed by atoms with E-state index in [2.05, 4.69) is 9.55 Å². The Balaban J connectivity index is 2.46. The SMILES string of the molecule is COCCCn1cc(C)c2c(Cl)nc(C(=O)N(C)OC)cc21. The van der Waals surface area contributed by atoms with Crippen molar-refractivity contribution in [1.82, 2.24) is 14.6 Å². The number of hydroxylamine groups is 2. The van der Waals surface area contributed by atoms with Gasteiger partial charge in [0.05, 0.1) is 12.6 Å². The van der Waals surface area contributed by atoms with Crippen molar-refractivity contribution < 1.29 is 14.4 Å². The van der Waals surface area contributed by atoms with Gasteiger partial charge >= 0.3 is 0 Å². The van der Waals surface area contributed by atoms with Crippen molar-refractivity contribution >= 4 is 28.4 Å². The van der Waals surface area contributed by atoms with Gasteiger partial charge in [0, 0.05) is 38.9 Å². The Morgan fingerprint density at radius 1 is 1.45 bits per heavy atom. The summed E-state index contributed by atoms with van der Waals surface area (Å²) >= 11 is 6.27. The second-order valence-electron chi connectivity index (χ2n) is 5.03. The van der Waals surface area contributed by atoms with Crippen molar-refractivity contribution in [3.05, 3.63) is 28.7 Å². The van der Waals surface area contributed by atoms with E-state index in [4.69, 9.17) is 21.2 Å². The second kappa shape index (κ2) is 7.09. The monoisotopic (exact) mass is 325 g/mol. The molecule has 7 heteroatoms. The molecule has 0 saturated carbocycles. The maximum Gasteiger partial charge on any atom is 0.295 e. The predicted octanol–water partition coefficient (Wildman–Crippen LogP) is 2.67. The molecule has 0 aliphatic rings. The molecule has 2 rings (SSSR count). The van der Waals surface area contributed by atoms with Crippen LogP contribution in [0.2, 0.25) is 5.15 Å². The maximum atomic E-state index is 12.2. The number of aryl methyl sites for hydroxylation is 2. The van der Waals surface area contributed by atoms with Crippen molar-refractivity contribution in [1.29, 1.82) is 0 Å². The summed E-state index contributed by atoms with van der Waals surface area (Å²) in [6.07, 6.45) is 2.89. The molecule has 0 spiro atoms. The van der Waals surface area contributed by atoms with E-state index in [0.717, 1.165) is 34.5 Å². The lowest BCUT2D eigenvalue weighted by Crippen LogP contribution is -2.26. The molecule has 0 atom stereocenters. The minimum Gasteiger partial charge on any atom is -0.385 e. The quantitative estimate of drug-likeness (QED) is 0.465. The highest BCUT2D eigenvalue weighted by molar-refractivity contribution is 6.34. The van der Waals surface area contributed by atoms with E-state index in [9.17, 15) is 4.79 Å². The van der Waals surface area contributed by atoms with Gasteiger partial charge in [-0.25, -0.2) is 10.0 Å². The number of hydrogen-bond acceptors (Lipinski definition) is 4. The first-order chi connectivity index (χ1) is 10.5. The number of pyridine rings is 1. The third kappa shape index (κ3) is 3.24. The van der Waals surface area contributed by atoms with Crippen LogP contribution in [-0.4, -0.2) is 48.4 Å². The Hall–Kier alpha value is -1.63. The molecule has 0 aliphatic heterocycles. The molecule has 2 aromatic rings. The highest BCUT2D eigenvalue weighted by Gasteiger charge is 2.18. The summed E-state index contributed by atoms with van der Waals surface area (Å²) in [5.74, 6) is -0.339. The third-order valence-electron chi connectivity index (χ3n) is 3.53. The lowest BCUT2D eigenvalue weighted by molar-refractivity contribution is -0.0760. The molecule has 0 radical (unpaired) electrons. The van der Waals surface area contributed by atoms with Gasteiger partial charge < -0.3 is 9.30 Å². The molecular formula is C15H20ClN3O3. The Bertz CT molecular complexity index is 684. The Morgan fingerprint density at radius 2 is 2.18 bits per heavy atom. The van der Waals surface area contributed by atoms with Crippen molar-refractivity contribution in [2.24, 2.45) is 0 Å². The lowest BCUT2D eigenvalue weighted by atomic mass is 10.2. The van der Waals surface area contributed by atoms with E-state index < -0.39 is 0 Å². The van der Waals surface area contributed by atoms with Crippen LogP contribution >= 0.6 is 11.6 Å². The number of ether oxygens (including phenoxy) is 1. The summed E-state index contributed by atoms with van der Waals surface area (Å²) in [5, 5.41) is 2.32. The number of halogens is 1. The van der Waals surface area contributed by atoms with Gasteiger partial charge in [-0.05, 0) is 25.0 Å². The van der Waals surface area contributed by atoms with Crippen LogP contribution in [0, 0.1) is 6.92 Å². The van der Waals surface area contributed by atoms with Crippen LogP contribution in [0.3, 0.4) is 0 Å². The minimum atomic E-state index is -0.339. The van der Waals surface area contributed by atoms with Crippen LogP contribution in [0.15, 0.2) is 12.3 Å². The standard InChI is InChI=1S/C15H20ClN3O3/c1-10-9-19(6-5-7-21-3)12-8-11(15(20)18(2)22-4)17-14(16)13(10)12/h8-9H,5-7H2,1-4H3.